The Balaban J connectivity index is 2.46. The Labute approximate surface area is 114 Å². The van der Waals surface area contributed by atoms with Crippen molar-refractivity contribution in [1.29, 1.82) is 0 Å². The van der Waals surface area contributed by atoms with E-state index in [9.17, 15) is 14.9 Å². The predicted octanol–water partition coefficient (Wildman–Crippen LogP) is 3.12. The van der Waals surface area contributed by atoms with Crippen LogP contribution in [0.15, 0.2) is 48.5 Å². The maximum absolute atomic E-state index is 10.8. The Morgan fingerprint density at radius 1 is 1.15 bits per heavy atom. The Hall–Kier alpha value is -2.89. The summed E-state index contributed by atoms with van der Waals surface area (Å²) in [5.74, 6) is -0.376. The molecular formula is C14H11NO5. The molecule has 0 aromatic heterocycles. The standard InChI is InChI=1S/C14H11NO5/c1-10(16)19-20-14-8-7-12(15(17)18)9-13(14)11-5-3-2-4-6-11/h2-9H,1H3. The molecule has 6 nitrogen and oxygen atoms in total. The first kappa shape index (κ1) is 13.5. The molecule has 0 bridgehead atoms. The topological polar surface area (TPSA) is 78.7 Å². The van der Waals surface area contributed by atoms with Gasteiger partial charge >= 0.3 is 5.97 Å². The van der Waals surface area contributed by atoms with E-state index in [0.29, 0.717) is 5.56 Å². The zero-order chi connectivity index (χ0) is 14.5. The molecule has 0 aliphatic rings. The van der Waals surface area contributed by atoms with Gasteiger partial charge in [0, 0.05) is 24.6 Å². The molecule has 0 fully saturated rings. The summed E-state index contributed by atoms with van der Waals surface area (Å²) >= 11 is 0. The molecule has 0 amide bonds. The number of nitro benzene ring substituents is 1. The van der Waals surface area contributed by atoms with Crippen molar-refractivity contribution in [2.24, 2.45) is 0 Å². The lowest BCUT2D eigenvalue weighted by atomic mass is 10.0. The number of nitro groups is 1. The first-order chi connectivity index (χ1) is 9.58. The molecule has 0 aliphatic heterocycles. The van der Waals surface area contributed by atoms with E-state index in [2.05, 4.69) is 4.89 Å². The van der Waals surface area contributed by atoms with Crippen LogP contribution in [0.3, 0.4) is 0 Å². The molecule has 2 rings (SSSR count). The van der Waals surface area contributed by atoms with Crippen LogP contribution in [0, 0.1) is 10.1 Å². The Kier molecular flexibility index (Phi) is 3.95. The summed E-state index contributed by atoms with van der Waals surface area (Å²) in [5.41, 5.74) is 1.12. The fourth-order valence-electron chi connectivity index (χ4n) is 1.65. The van der Waals surface area contributed by atoms with E-state index in [-0.39, 0.29) is 11.4 Å². The van der Waals surface area contributed by atoms with E-state index in [1.54, 1.807) is 24.3 Å². The van der Waals surface area contributed by atoms with E-state index in [0.717, 1.165) is 5.56 Å². The second-order valence-corrected chi connectivity index (χ2v) is 3.96. The van der Waals surface area contributed by atoms with Crippen LogP contribution >= 0.6 is 0 Å². The molecule has 20 heavy (non-hydrogen) atoms. The van der Waals surface area contributed by atoms with Crippen LogP contribution < -0.4 is 4.89 Å². The van der Waals surface area contributed by atoms with Gasteiger partial charge in [-0.05, 0) is 11.6 Å². The molecule has 0 radical (unpaired) electrons. The third-order valence-corrected chi connectivity index (χ3v) is 2.51. The summed E-state index contributed by atoms with van der Waals surface area (Å²) < 4.78 is 0. The molecule has 0 saturated carbocycles. The van der Waals surface area contributed by atoms with E-state index >= 15 is 0 Å². The number of carbonyl (C=O) groups excluding carboxylic acids is 1. The van der Waals surface area contributed by atoms with Gasteiger partial charge in [0.05, 0.1) is 4.92 Å². The summed E-state index contributed by atoms with van der Waals surface area (Å²) in [6, 6.07) is 13.0. The summed E-state index contributed by atoms with van der Waals surface area (Å²) in [6.45, 7) is 1.20. The zero-order valence-corrected chi connectivity index (χ0v) is 10.6. The van der Waals surface area contributed by atoms with Gasteiger partial charge in [-0.15, -0.1) is 0 Å². The highest BCUT2D eigenvalue weighted by Gasteiger charge is 2.14. The molecule has 6 heteroatoms. The number of carbonyl (C=O) groups is 1. The minimum Gasteiger partial charge on any atom is -0.286 e. The zero-order valence-electron chi connectivity index (χ0n) is 10.6. The van der Waals surface area contributed by atoms with Crippen molar-refractivity contribution in [2.45, 2.75) is 6.92 Å². The van der Waals surface area contributed by atoms with E-state index in [1.807, 2.05) is 6.07 Å². The lowest BCUT2D eigenvalue weighted by molar-refractivity contribution is -0.384. The Morgan fingerprint density at radius 2 is 1.85 bits per heavy atom. The van der Waals surface area contributed by atoms with Crippen molar-refractivity contribution >= 4 is 11.7 Å². The van der Waals surface area contributed by atoms with Gasteiger partial charge in [0.15, 0.2) is 5.75 Å². The van der Waals surface area contributed by atoms with Crippen LogP contribution in [-0.2, 0) is 9.68 Å². The quantitative estimate of drug-likeness (QED) is 0.486. The van der Waals surface area contributed by atoms with E-state index in [1.165, 1.54) is 25.1 Å². The average molecular weight is 273 g/mol. The maximum atomic E-state index is 10.8. The van der Waals surface area contributed by atoms with Crippen LogP contribution in [-0.4, -0.2) is 10.9 Å². The highest BCUT2D eigenvalue weighted by molar-refractivity contribution is 5.73. The second kappa shape index (κ2) is 5.83. The SMILES string of the molecule is CC(=O)OOc1ccc([N+](=O)[O-])cc1-c1ccccc1. The molecule has 0 saturated heterocycles. The highest BCUT2D eigenvalue weighted by Crippen LogP contribution is 2.33. The smallest absolute Gasteiger partial charge is 0.286 e. The van der Waals surface area contributed by atoms with Gasteiger partial charge in [-0.3, -0.25) is 19.9 Å². The molecule has 0 N–H and O–H groups in total. The van der Waals surface area contributed by atoms with Gasteiger partial charge in [-0.2, -0.15) is 0 Å². The summed E-state index contributed by atoms with van der Waals surface area (Å²) in [6.07, 6.45) is 0. The molecule has 0 aliphatic carbocycles. The fraction of sp³-hybridized carbons (Fsp3) is 0.0714. The monoisotopic (exact) mass is 273 g/mol. The number of benzene rings is 2. The van der Waals surface area contributed by atoms with Crippen molar-refractivity contribution < 1.29 is 19.5 Å². The molecule has 0 atom stereocenters. The van der Waals surface area contributed by atoms with Crippen LogP contribution in [0.5, 0.6) is 5.75 Å². The summed E-state index contributed by atoms with van der Waals surface area (Å²) in [7, 11) is 0. The van der Waals surface area contributed by atoms with Crippen LogP contribution in [0.2, 0.25) is 0 Å². The van der Waals surface area contributed by atoms with Crippen molar-refractivity contribution in [1.82, 2.24) is 0 Å². The van der Waals surface area contributed by atoms with Crippen molar-refractivity contribution in [2.75, 3.05) is 0 Å². The largest absolute Gasteiger partial charge is 0.352 e. The molecular weight excluding hydrogens is 262 g/mol. The average Bonchev–Trinajstić information content (AvgIpc) is 2.45. The van der Waals surface area contributed by atoms with Crippen molar-refractivity contribution in [3.8, 4) is 16.9 Å². The summed E-state index contributed by atoms with van der Waals surface area (Å²) in [4.78, 5) is 30.5. The lowest BCUT2D eigenvalue weighted by Crippen LogP contribution is -2.04. The lowest BCUT2D eigenvalue weighted by Gasteiger charge is -2.08. The van der Waals surface area contributed by atoms with Crippen LogP contribution in [0.4, 0.5) is 5.69 Å². The summed E-state index contributed by atoms with van der Waals surface area (Å²) in [5, 5.41) is 10.8. The minimum absolute atomic E-state index is 0.0703. The Bertz CT molecular complexity index is 639. The van der Waals surface area contributed by atoms with Gasteiger partial charge in [-0.25, -0.2) is 4.79 Å². The van der Waals surface area contributed by atoms with E-state index in [4.69, 9.17) is 4.89 Å². The van der Waals surface area contributed by atoms with E-state index < -0.39 is 10.9 Å². The third kappa shape index (κ3) is 3.11. The van der Waals surface area contributed by atoms with Crippen molar-refractivity contribution in [3.63, 3.8) is 0 Å². The second-order valence-electron chi connectivity index (χ2n) is 3.96. The van der Waals surface area contributed by atoms with Gasteiger partial charge in [-0.1, -0.05) is 30.3 Å². The number of non-ortho nitro benzene ring substituents is 1. The molecule has 0 heterocycles. The predicted molar refractivity (Wildman–Crippen MR) is 70.9 cm³/mol. The molecule has 2 aromatic rings. The third-order valence-electron chi connectivity index (χ3n) is 2.51. The first-order valence-corrected chi connectivity index (χ1v) is 5.77. The molecule has 2 aromatic carbocycles. The first-order valence-electron chi connectivity index (χ1n) is 5.77. The molecule has 102 valence electrons. The number of nitrogens with zero attached hydrogens (tertiary/aromatic N) is 1. The van der Waals surface area contributed by atoms with Crippen LogP contribution in [0.25, 0.3) is 11.1 Å². The van der Waals surface area contributed by atoms with Gasteiger partial charge in [0.25, 0.3) is 5.69 Å². The van der Waals surface area contributed by atoms with Gasteiger partial charge in [0.1, 0.15) is 0 Å². The number of rotatable bonds is 4. The number of hydrogen-bond donors (Lipinski definition) is 0. The van der Waals surface area contributed by atoms with Crippen LogP contribution in [0.1, 0.15) is 6.92 Å². The highest BCUT2D eigenvalue weighted by atomic mass is 17.2. The normalized spacial score (nSPS) is 9.85. The van der Waals surface area contributed by atoms with Crippen molar-refractivity contribution in [3.05, 3.63) is 58.6 Å². The van der Waals surface area contributed by atoms with Gasteiger partial charge < -0.3 is 0 Å². The molecule has 0 unspecified atom stereocenters. The fourth-order valence-corrected chi connectivity index (χ4v) is 1.65. The maximum Gasteiger partial charge on any atom is 0.352 e. The van der Waals surface area contributed by atoms with Gasteiger partial charge in [0.2, 0.25) is 0 Å². The number of hydrogen-bond acceptors (Lipinski definition) is 5. The minimum atomic E-state index is -0.609. The Morgan fingerprint density at radius 3 is 2.45 bits per heavy atom. The molecule has 0 spiro atoms.